The predicted molar refractivity (Wildman–Crippen MR) is 95.0 cm³/mol. The van der Waals surface area contributed by atoms with E-state index >= 15 is 0 Å². The van der Waals surface area contributed by atoms with Crippen LogP contribution in [0.3, 0.4) is 0 Å². The molecule has 1 N–H and O–H groups in total. The van der Waals surface area contributed by atoms with Gasteiger partial charge in [0.2, 0.25) is 0 Å². The van der Waals surface area contributed by atoms with Crippen molar-refractivity contribution in [2.75, 3.05) is 11.8 Å². The Morgan fingerprint density at radius 1 is 1.21 bits per heavy atom. The molecule has 8 heteroatoms. The van der Waals surface area contributed by atoms with E-state index in [0.29, 0.717) is 21.4 Å². The first kappa shape index (κ1) is 16.8. The second-order valence-electron chi connectivity index (χ2n) is 5.33. The van der Waals surface area contributed by atoms with E-state index < -0.39 is 10.0 Å². The van der Waals surface area contributed by atoms with Gasteiger partial charge in [-0.25, -0.2) is 8.42 Å². The number of methoxy groups -OCH3 is 1. The van der Waals surface area contributed by atoms with E-state index in [1.54, 1.807) is 38.1 Å². The Bertz CT molecular complexity index is 1030. The highest BCUT2D eigenvalue weighted by molar-refractivity contribution is 9.10. The third-order valence-corrected chi connectivity index (χ3v) is 5.54. The smallest absolute Gasteiger partial charge is 0.265 e. The van der Waals surface area contributed by atoms with Crippen molar-refractivity contribution in [1.82, 2.24) is 5.16 Å². The number of aryl methyl sites for hydroxylation is 2. The van der Waals surface area contributed by atoms with Crippen molar-refractivity contribution in [2.24, 2.45) is 0 Å². The van der Waals surface area contributed by atoms with Gasteiger partial charge in [0.1, 0.15) is 10.6 Å². The first-order valence-electron chi connectivity index (χ1n) is 7.05. The summed E-state index contributed by atoms with van der Waals surface area (Å²) in [6.07, 6.45) is 0. The summed E-state index contributed by atoms with van der Waals surface area (Å²) < 4.78 is 39.2. The zero-order valence-corrected chi connectivity index (χ0v) is 15.7. The minimum atomic E-state index is -3.82. The number of sulfonamides is 1. The van der Waals surface area contributed by atoms with Gasteiger partial charge in [-0.2, -0.15) is 0 Å². The summed E-state index contributed by atoms with van der Waals surface area (Å²) in [5.41, 5.74) is 2.52. The number of hydrogen-bond acceptors (Lipinski definition) is 5. The number of ether oxygens (including phenoxy) is 1. The predicted octanol–water partition coefficient (Wildman–Crippen LogP) is 4.02. The molecule has 0 atom stereocenters. The van der Waals surface area contributed by atoms with Crippen LogP contribution in [0.25, 0.3) is 11.0 Å². The minimum absolute atomic E-state index is 0.0564. The van der Waals surface area contributed by atoms with Gasteiger partial charge in [-0.15, -0.1) is 0 Å². The molecule has 3 rings (SSSR count). The average Bonchev–Trinajstić information content (AvgIpc) is 2.88. The molecule has 0 fully saturated rings. The van der Waals surface area contributed by atoms with Crippen molar-refractivity contribution in [1.29, 1.82) is 0 Å². The maximum absolute atomic E-state index is 12.8. The van der Waals surface area contributed by atoms with E-state index in [0.717, 1.165) is 10.9 Å². The van der Waals surface area contributed by atoms with Crippen LogP contribution in [0.1, 0.15) is 11.3 Å². The van der Waals surface area contributed by atoms with Gasteiger partial charge in [0, 0.05) is 9.86 Å². The van der Waals surface area contributed by atoms with E-state index in [4.69, 9.17) is 9.26 Å². The molecule has 0 amide bonds. The van der Waals surface area contributed by atoms with Crippen molar-refractivity contribution in [3.8, 4) is 5.75 Å². The standard InChI is InChI=1S/C16H15BrN2O4S/c1-9-6-15-12(10(2)18-23-15)8-13(9)19-24(20,21)16-7-11(17)4-5-14(16)22-3/h4-8,19H,1-3H3. The molecule has 126 valence electrons. The lowest BCUT2D eigenvalue weighted by Gasteiger charge is -2.13. The van der Waals surface area contributed by atoms with Gasteiger partial charge in [-0.05, 0) is 49.7 Å². The fourth-order valence-corrected chi connectivity index (χ4v) is 4.21. The molecule has 6 nitrogen and oxygen atoms in total. The van der Waals surface area contributed by atoms with Crippen molar-refractivity contribution in [3.63, 3.8) is 0 Å². The monoisotopic (exact) mass is 410 g/mol. The quantitative estimate of drug-likeness (QED) is 0.702. The molecule has 0 aliphatic rings. The highest BCUT2D eigenvalue weighted by Gasteiger charge is 2.21. The SMILES string of the molecule is COc1ccc(Br)cc1S(=O)(=O)Nc1cc2c(C)noc2cc1C. The molecular formula is C16H15BrN2O4S. The summed E-state index contributed by atoms with van der Waals surface area (Å²) in [4.78, 5) is 0.0564. The van der Waals surface area contributed by atoms with Crippen LogP contribution < -0.4 is 9.46 Å². The summed E-state index contributed by atoms with van der Waals surface area (Å²) in [5, 5.41) is 4.66. The number of halogens is 1. The number of nitrogens with one attached hydrogen (secondary N) is 1. The maximum atomic E-state index is 12.8. The van der Waals surface area contributed by atoms with E-state index in [-0.39, 0.29) is 10.6 Å². The number of fused-ring (bicyclic) bond motifs is 1. The molecule has 1 heterocycles. The lowest BCUT2D eigenvalue weighted by Crippen LogP contribution is -2.15. The summed E-state index contributed by atoms with van der Waals surface area (Å²) in [6.45, 7) is 3.60. The fraction of sp³-hybridized carbons (Fsp3) is 0.188. The highest BCUT2D eigenvalue weighted by Crippen LogP contribution is 2.31. The van der Waals surface area contributed by atoms with Crippen molar-refractivity contribution < 1.29 is 17.7 Å². The molecule has 0 saturated carbocycles. The number of nitrogens with zero attached hydrogens (tertiary/aromatic N) is 1. The molecule has 0 unspecified atom stereocenters. The van der Waals surface area contributed by atoms with Gasteiger partial charge >= 0.3 is 0 Å². The van der Waals surface area contributed by atoms with Crippen molar-refractivity contribution in [2.45, 2.75) is 18.7 Å². The maximum Gasteiger partial charge on any atom is 0.265 e. The summed E-state index contributed by atoms with van der Waals surface area (Å²) in [7, 11) is -2.39. The molecule has 0 spiro atoms. The minimum Gasteiger partial charge on any atom is -0.495 e. The number of aromatic nitrogens is 1. The van der Waals surface area contributed by atoms with Crippen LogP contribution in [-0.2, 0) is 10.0 Å². The van der Waals surface area contributed by atoms with Crippen LogP contribution in [0.2, 0.25) is 0 Å². The van der Waals surface area contributed by atoms with Crippen LogP contribution in [0.5, 0.6) is 5.75 Å². The van der Waals surface area contributed by atoms with E-state index in [1.807, 2.05) is 0 Å². The Balaban J connectivity index is 2.08. The van der Waals surface area contributed by atoms with Gasteiger partial charge in [0.05, 0.1) is 18.5 Å². The largest absolute Gasteiger partial charge is 0.495 e. The second-order valence-corrected chi connectivity index (χ2v) is 7.90. The van der Waals surface area contributed by atoms with E-state index in [9.17, 15) is 8.42 Å². The number of hydrogen-bond donors (Lipinski definition) is 1. The van der Waals surface area contributed by atoms with E-state index in [1.165, 1.54) is 13.2 Å². The highest BCUT2D eigenvalue weighted by atomic mass is 79.9. The summed E-state index contributed by atoms with van der Waals surface area (Å²) in [5.74, 6) is 0.269. The average molecular weight is 411 g/mol. The first-order valence-corrected chi connectivity index (χ1v) is 9.32. The molecule has 2 aromatic carbocycles. The van der Waals surface area contributed by atoms with Gasteiger partial charge in [0.15, 0.2) is 5.58 Å². The second kappa shape index (κ2) is 6.10. The van der Waals surface area contributed by atoms with Crippen molar-refractivity contribution in [3.05, 3.63) is 46.1 Å². The lowest BCUT2D eigenvalue weighted by atomic mass is 10.1. The molecule has 0 bridgehead atoms. The van der Waals surface area contributed by atoms with Crippen LogP contribution >= 0.6 is 15.9 Å². The summed E-state index contributed by atoms with van der Waals surface area (Å²) >= 11 is 3.29. The molecule has 24 heavy (non-hydrogen) atoms. The first-order chi connectivity index (χ1) is 11.3. The van der Waals surface area contributed by atoms with Crippen LogP contribution in [0, 0.1) is 13.8 Å². The Morgan fingerprint density at radius 3 is 2.67 bits per heavy atom. The third-order valence-electron chi connectivity index (χ3n) is 3.66. The molecule has 1 aromatic heterocycles. The van der Waals surface area contributed by atoms with Gasteiger partial charge in [-0.3, -0.25) is 4.72 Å². The molecule has 0 aliphatic heterocycles. The molecule has 0 aliphatic carbocycles. The normalized spacial score (nSPS) is 11.7. The zero-order valence-electron chi connectivity index (χ0n) is 13.3. The van der Waals surface area contributed by atoms with Gasteiger partial charge < -0.3 is 9.26 Å². The Hall–Kier alpha value is -2.06. The molecule has 0 radical (unpaired) electrons. The Morgan fingerprint density at radius 2 is 1.96 bits per heavy atom. The van der Waals surface area contributed by atoms with Crippen molar-refractivity contribution >= 4 is 42.6 Å². The Kier molecular flexibility index (Phi) is 4.27. The van der Waals surface area contributed by atoms with Gasteiger partial charge in [0.25, 0.3) is 10.0 Å². The fourth-order valence-electron chi connectivity index (χ4n) is 2.38. The molecule has 3 aromatic rings. The topological polar surface area (TPSA) is 81.4 Å². The Labute approximate surface area is 148 Å². The number of rotatable bonds is 4. The zero-order chi connectivity index (χ0) is 17.5. The van der Waals surface area contributed by atoms with Crippen LogP contribution in [0.15, 0.2) is 44.2 Å². The summed E-state index contributed by atoms with van der Waals surface area (Å²) in [6, 6.07) is 8.29. The molecular weight excluding hydrogens is 396 g/mol. The number of anilines is 1. The van der Waals surface area contributed by atoms with E-state index in [2.05, 4.69) is 25.8 Å². The third kappa shape index (κ3) is 2.99. The van der Waals surface area contributed by atoms with Crippen LogP contribution in [0.4, 0.5) is 5.69 Å². The van der Waals surface area contributed by atoms with Gasteiger partial charge in [-0.1, -0.05) is 21.1 Å². The lowest BCUT2D eigenvalue weighted by molar-refractivity contribution is 0.403. The molecule has 0 saturated heterocycles. The van der Waals surface area contributed by atoms with Crippen LogP contribution in [-0.4, -0.2) is 20.7 Å². The number of benzene rings is 2.